The number of ketones is 2. The fraction of sp³-hybridized carbons (Fsp3) is 0.323. The molecule has 0 aromatic heterocycles. The third kappa shape index (κ3) is 5.77. The van der Waals surface area contributed by atoms with Crippen LogP contribution in [0.3, 0.4) is 0 Å². The van der Waals surface area contributed by atoms with Gasteiger partial charge in [0.2, 0.25) is 0 Å². The number of nitrogens with zero attached hydrogens (tertiary/aromatic N) is 1. The Labute approximate surface area is 233 Å². The molecule has 9 heteroatoms. The number of aliphatic hydroxyl groups is 3. The normalized spacial score (nSPS) is 20.2. The largest absolute Gasteiger partial charge is 0.510 e. The molecule has 9 nitrogen and oxygen atoms in total. The number of rotatable bonds is 10. The van der Waals surface area contributed by atoms with E-state index in [0.717, 1.165) is 5.56 Å². The molecule has 2 aromatic carbocycles. The summed E-state index contributed by atoms with van der Waals surface area (Å²) < 4.78 is 0. The molecule has 40 heavy (non-hydrogen) atoms. The standard InChI is InChI=1S/C31H36N2O7/c1-6-21(34)24(31(32)40)28(37)25(33(4)5)30(39)29(38)22-16(2)20-15-14-19(13-12-18-10-8-7-9-11-18)27(36)23(20)26(35)17(22)3/h7-16,22,25,29-30,36-39H,3,6H2,1-2,4-5H3,(H2,32,40)/b13-12+,28-24-/t16-,22+,25+,29-,30+/m0/s1. The highest BCUT2D eigenvalue weighted by Gasteiger charge is 2.46. The molecule has 0 saturated heterocycles. The number of aliphatic hydroxyl groups excluding tert-OH is 3. The number of primary amides is 1. The third-order valence-electron chi connectivity index (χ3n) is 7.43. The van der Waals surface area contributed by atoms with Gasteiger partial charge in [-0.2, -0.15) is 0 Å². The van der Waals surface area contributed by atoms with E-state index in [9.17, 15) is 34.8 Å². The zero-order valence-corrected chi connectivity index (χ0v) is 23.0. The first-order chi connectivity index (χ1) is 18.8. The van der Waals surface area contributed by atoms with Crippen LogP contribution in [0.4, 0.5) is 0 Å². The van der Waals surface area contributed by atoms with Crippen LogP contribution in [0.15, 0.2) is 65.9 Å². The van der Waals surface area contributed by atoms with Gasteiger partial charge in [-0.05, 0) is 36.7 Å². The first-order valence-corrected chi connectivity index (χ1v) is 12.9. The van der Waals surface area contributed by atoms with Crippen molar-refractivity contribution in [2.75, 3.05) is 14.1 Å². The Morgan fingerprint density at radius 3 is 2.27 bits per heavy atom. The predicted octanol–water partition coefficient (Wildman–Crippen LogP) is 2.96. The Balaban J connectivity index is 2.01. The number of Topliss-reactive ketones (excluding diaryl/α,β-unsaturated/α-hetero) is 2. The average molecular weight is 549 g/mol. The fourth-order valence-corrected chi connectivity index (χ4v) is 5.28. The molecule has 0 unspecified atom stereocenters. The molecule has 0 bridgehead atoms. The molecule has 5 atom stereocenters. The molecule has 3 rings (SSSR count). The molecule has 0 saturated carbocycles. The van der Waals surface area contributed by atoms with Gasteiger partial charge in [0.1, 0.15) is 23.2 Å². The fourth-order valence-electron chi connectivity index (χ4n) is 5.28. The number of phenols is 1. The maximum atomic E-state index is 13.5. The number of benzene rings is 2. The molecule has 0 spiro atoms. The Morgan fingerprint density at radius 1 is 1.10 bits per heavy atom. The molecule has 1 aliphatic carbocycles. The Kier molecular flexibility index (Phi) is 9.47. The van der Waals surface area contributed by atoms with Gasteiger partial charge in [-0.15, -0.1) is 0 Å². The zero-order chi connectivity index (χ0) is 29.9. The monoisotopic (exact) mass is 548 g/mol. The lowest BCUT2D eigenvalue weighted by Gasteiger charge is -2.40. The summed E-state index contributed by atoms with van der Waals surface area (Å²) in [6.45, 7) is 7.10. The number of carbonyl (C=O) groups is 3. The highest BCUT2D eigenvalue weighted by atomic mass is 16.3. The van der Waals surface area contributed by atoms with E-state index in [1.807, 2.05) is 30.3 Å². The summed E-state index contributed by atoms with van der Waals surface area (Å²) in [4.78, 5) is 39.1. The van der Waals surface area contributed by atoms with Gasteiger partial charge in [0.15, 0.2) is 11.6 Å². The van der Waals surface area contributed by atoms with Gasteiger partial charge < -0.3 is 26.2 Å². The molecule has 0 fully saturated rings. The van der Waals surface area contributed by atoms with Crippen molar-refractivity contribution in [3.05, 3.63) is 88.2 Å². The highest BCUT2D eigenvalue weighted by Crippen LogP contribution is 2.45. The van der Waals surface area contributed by atoms with Crippen LogP contribution in [0.2, 0.25) is 0 Å². The molecule has 0 aliphatic heterocycles. The van der Waals surface area contributed by atoms with E-state index in [4.69, 9.17) is 5.73 Å². The van der Waals surface area contributed by atoms with Crippen LogP contribution in [0.25, 0.3) is 12.2 Å². The maximum absolute atomic E-state index is 13.5. The van der Waals surface area contributed by atoms with Crippen molar-refractivity contribution in [2.45, 2.75) is 44.4 Å². The number of nitrogens with two attached hydrogens (primary N) is 1. The summed E-state index contributed by atoms with van der Waals surface area (Å²) in [7, 11) is 2.96. The Bertz CT molecular complexity index is 1380. The lowest BCUT2D eigenvalue weighted by Crippen LogP contribution is -2.52. The third-order valence-corrected chi connectivity index (χ3v) is 7.43. The molecule has 212 valence electrons. The summed E-state index contributed by atoms with van der Waals surface area (Å²) in [5.41, 5.74) is 6.51. The van der Waals surface area contributed by atoms with Crippen LogP contribution >= 0.6 is 0 Å². The number of fused-ring (bicyclic) bond motifs is 1. The number of likely N-dealkylation sites (N-methyl/N-ethyl adjacent to an activating group) is 1. The summed E-state index contributed by atoms with van der Waals surface area (Å²) in [5, 5.41) is 44.5. The van der Waals surface area contributed by atoms with Gasteiger partial charge in [-0.3, -0.25) is 19.3 Å². The van der Waals surface area contributed by atoms with Crippen molar-refractivity contribution in [2.24, 2.45) is 11.7 Å². The topological polar surface area (TPSA) is 161 Å². The number of hydrogen-bond donors (Lipinski definition) is 5. The number of hydrogen-bond acceptors (Lipinski definition) is 8. The smallest absolute Gasteiger partial charge is 0.255 e. The van der Waals surface area contributed by atoms with E-state index < -0.39 is 58.9 Å². The van der Waals surface area contributed by atoms with E-state index in [0.29, 0.717) is 11.1 Å². The highest BCUT2D eigenvalue weighted by molar-refractivity contribution is 6.19. The molecule has 0 radical (unpaired) electrons. The molecular formula is C31H36N2O7. The average Bonchev–Trinajstić information content (AvgIpc) is 2.91. The van der Waals surface area contributed by atoms with Gasteiger partial charge in [0.05, 0.1) is 17.7 Å². The minimum absolute atomic E-state index is 0.0354. The van der Waals surface area contributed by atoms with Crippen molar-refractivity contribution < 1.29 is 34.8 Å². The van der Waals surface area contributed by atoms with Gasteiger partial charge >= 0.3 is 0 Å². The van der Waals surface area contributed by atoms with Crippen molar-refractivity contribution in [3.63, 3.8) is 0 Å². The summed E-state index contributed by atoms with van der Waals surface area (Å²) in [6.07, 6.45) is -0.0225. The Morgan fingerprint density at radius 2 is 1.73 bits per heavy atom. The minimum atomic E-state index is -1.76. The van der Waals surface area contributed by atoms with Crippen LogP contribution in [-0.2, 0) is 9.59 Å². The maximum Gasteiger partial charge on any atom is 0.255 e. The van der Waals surface area contributed by atoms with Crippen LogP contribution in [-0.4, -0.2) is 75.1 Å². The molecule has 0 heterocycles. The van der Waals surface area contributed by atoms with Gasteiger partial charge in [0, 0.05) is 17.9 Å². The lowest BCUT2D eigenvalue weighted by molar-refractivity contribution is -0.121. The summed E-state index contributed by atoms with van der Waals surface area (Å²) in [6, 6.07) is 11.4. The van der Waals surface area contributed by atoms with Crippen molar-refractivity contribution in [3.8, 4) is 5.75 Å². The minimum Gasteiger partial charge on any atom is -0.510 e. The quantitative estimate of drug-likeness (QED) is 0.0995. The van der Waals surface area contributed by atoms with Gasteiger partial charge in [0.25, 0.3) is 5.91 Å². The van der Waals surface area contributed by atoms with E-state index in [2.05, 4.69) is 6.58 Å². The van der Waals surface area contributed by atoms with Gasteiger partial charge in [-0.25, -0.2) is 0 Å². The van der Waals surface area contributed by atoms with E-state index >= 15 is 0 Å². The predicted molar refractivity (Wildman–Crippen MR) is 152 cm³/mol. The zero-order valence-electron chi connectivity index (χ0n) is 23.0. The van der Waals surface area contributed by atoms with Crippen LogP contribution < -0.4 is 5.73 Å². The first-order valence-electron chi connectivity index (χ1n) is 12.9. The summed E-state index contributed by atoms with van der Waals surface area (Å²) in [5.74, 6) is -5.04. The number of aromatic hydroxyl groups is 1. The van der Waals surface area contributed by atoms with Crippen molar-refractivity contribution >= 4 is 29.6 Å². The van der Waals surface area contributed by atoms with Crippen LogP contribution in [0.1, 0.15) is 53.2 Å². The van der Waals surface area contributed by atoms with E-state index in [1.165, 1.54) is 25.9 Å². The van der Waals surface area contributed by atoms with Crippen LogP contribution in [0, 0.1) is 5.92 Å². The molecule has 1 amide bonds. The van der Waals surface area contributed by atoms with Crippen molar-refractivity contribution in [1.82, 2.24) is 4.90 Å². The van der Waals surface area contributed by atoms with Crippen molar-refractivity contribution in [1.29, 1.82) is 0 Å². The Hall–Kier alpha value is -4.05. The van der Waals surface area contributed by atoms with Gasteiger partial charge in [-0.1, -0.05) is 75.0 Å². The molecule has 6 N–H and O–H groups in total. The molecule has 1 aliphatic rings. The molecule has 2 aromatic rings. The number of phenolic OH excluding ortho intramolecular Hbond substituents is 1. The second kappa shape index (κ2) is 12.4. The van der Waals surface area contributed by atoms with E-state index in [1.54, 1.807) is 31.2 Å². The second-order valence-corrected chi connectivity index (χ2v) is 10.2. The van der Waals surface area contributed by atoms with E-state index in [-0.39, 0.29) is 23.3 Å². The number of amides is 1. The second-order valence-electron chi connectivity index (χ2n) is 10.2. The molecular weight excluding hydrogens is 512 g/mol. The van der Waals surface area contributed by atoms with Crippen LogP contribution in [0.5, 0.6) is 5.75 Å². The number of carbonyl (C=O) groups excluding carboxylic acids is 3. The SMILES string of the molecule is C=C1C(=O)c2c(ccc(/C=C/c3ccccc3)c2O)[C@H](C)[C@H]1[C@H](O)[C@H](O)[C@@H](/C(O)=C(/C(N)=O)C(=O)CC)N(C)C. The lowest BCUT2D eigenvalue weighted by atomic mass is 9.68. The summed E-state index contributed by atoms with van der Waals surface area (Å²) >= 11 is 0. The first kappa shape index (κ1) is 30.5.